The van der Waals surface area contributed by atoms with Crippen molar-refractivity contribution >= 4 is 11.8 Å². The normalized spacial score (nSPS) is 11.3. The summed E-state index contributed by atoms with van der Waals surface area (Å²) in [7, 11) is 0. The second-order valence-corrected chi connectivity index (χ2v) is 4.99. The molecule has 0 aromatic heterocycles. The summed E-state index contributed by atoms with van der Waals surface area (Å²) in [6.45, 7) is -0.552. The SMILES string of the molecule is N#C[C@@H](NC(=O)CNC(=O)c1cc(F)cc(F)c1)c1ccccc1F. The molecule has 0 fully saturated rings. The van der Waals surface area contributed by atoms with Crippen LogP contribution in [0.4, 0.5) is 13.2 Å². The van der Waals surface area contributed by atoms with Gasteiger partial charge in [0.25, 0.3) is 5.91 Å². The Hall–Kier alpha value is -3.34. The van der Waals surface area contributed by atoms with Gasteiger partial charge in [-0.3, -0.25) is 9.59 Å². The van der Waals surface area contributed by atoms with Crippen LogP contribution >= 0.6 is 0 Å². The highest BCUT2D eigenvalue weighted by Crippen LogP contribution is 2.15. The van der Waals surface area contributed by atoms with Gasteiger partial charge in [-0.15, -0.1) is 0 Å². The Morgan fingerprint density at radius 2 is 1.72 bits per heavy atom. The Labute approximate surface area is 141 Å². The number of hydrogen-bond donors (Lipinski definition) is 2. The van der Waals surface area contributed by atoms with E-state index in [1.807, 2.05) is 0 Å². The highest BCUT2D eigenvalue weighted by molar-refractivity contribution is 5.96. The molecule has 2 aromatic rings. The van der Waals surface area contributed by atoms with Crippen LogP contribution in [0.15, 0.2) is 42.5 Å². The van der Waals surface area contributed by atoms with E-state index in [9.17, 15) is 22.8 Å². The number of carbonyl (C=O) groups is 2. The minimum absolute atomic E-state index is 0.0168. The third kappa shape index (κ3) is 4.81. The number of nitrogens with one attached hydrogen (secondary N) is 2. The first-order valence-electron chi connectivity index (χ1n) is 7.08. The smallest absolute Gasteiger partial charge is 0.251 e. The van der Waals surface area contributed by atoms with Gasteiger partial charge >= 0.3 is 0 Å². The van der Waals surface area contributed by atoms with Gasteiger partial charge in [0.15, 0.2) is 0 Å². The number of benzene rings is 2. The van der Waals surface area contributed by atoms with Crippen molar-refractivity contribution < 1.29 is 22.8 Å². The van der Waals surface area contributed by atoms with Gasteiger partial charge in [0.05, 0.1) is 12.6 Å². The molecule has 0 saturated carbocycles. The molecule has 2 aromatic carbocycles. The van der Waals surface area contributed by atoms with E-state index in [4.69, 9.17) is 5.26 Å². The summed E-state index contributed by atoms with van der Waals surface area (Å²) in [6, 6.07) is 8.17. The minimum atomic E-state index is -1.24. The van der Waals surface area contributed by atoms with E-state index in [1.54, 1.807) is 6.07 Å². The van der Waals surface area contributed by atoms with Gasteiger partial charge in [-0.2, -0.15) is 5.26 Å². The Balaban J connectivity index is 1.97. The fraction of sp³-hybridized carbons (Fsp3) is 0.118. The lowest BCUT2D eigenvalue weighted by Crippen LogP contribution is -2.38. The molecule has 1 atom stereocenters. The molecule has 0 bridgehead atoms. The highest BCUT2D eigenvalue weighted by atomic mass is 19.1. The zero-order valence-electron chi connectivity index (χ0n) is 12.7. The third-order valence-corrected chi connectivity index (χ3v) is 3.18. The van der Waals surface area contributed by atoms with Crippen LogP contribution in [0, 0.1) is 28.8 Å². The maximum Gasteiger partial charge on any atom is 0.251 e. The third-order valence-electron chi connectivity index (χ3n) is 3.18. The van der Waals surface area contributed by atoms with E-state index in [0.29, 0.717) is 6.07 Å². The molecule has 0 heterocycles. The van der Waals surface area contributed by atoms with Crippen molar-refractivity contribution in [2.45, 2.75) is 6.04 Å². The molecule has 0 aliphatic rings. The quantitative estimate of drug-likeness (QED) is 0.870. The van der Waals surface area contributed by atoms with Crippen molar-refractivity contribution in [2.75, 3.05) is 6.54 Å². The van der Waals surface area contributed by atoms with E-state index in [-0.39, 0.29) is 11.1 Å². The largest absolute Gasteiger partial charge is 0.343 e. The number of carbonyl (C=O) groups excluding carboxylic acids is 2. The highest BCUT2D eigenvalue weighted by Gasteiger charge is 2.18. The lowest BCUT2D eigenvalue weighted by Gasteiger charge is -2.13. The second kappa shape index (κ2) is 7.97. The zero-order chi connectivity index (χ0) is 18.4. The molecule has 2 amide bonds. The standard InChI is InChI=1S/C17H12F3N3O2/c18-11-5-10(6-12(19)7-11)17(25)22-9-16(24)23-15(8-21)13-3-1-2-4-14(13)20/h1-7,15H,9H2,(H,22,25)(H,23,24)/t15-/m1/s1. The second-order valence-electron chi connectivity index (χ2n) is 4.99. The molecule has 0 aliphatic carbocycles. The summed E-state index contributed by atoms with van der Waals surface area (Å²) in [4.78, 5) is 23.6. The number of hydrogen-bond acceptors (Lipinski definition) is 3. The van der Waals surface area contributed by atoms with Gasteiger partial charge in [0, 0.05) is 17.2 Å². The molecule has 0 spiro atoms. The summed E-state index contributed by atoms with van der Waals surface area (Å²) in [6.07, 6.45) is 0. The molecule has 8 heteroatoms. The van der Waals surface area contributed by atoms with Crippen molar-refractivity contribution in [3.05, 3.63) is 71.0 Å². The Kier molecular flexibility index (Phi) is 5.74. The number of nitrogens with zero attached hydrogens (tertiary/aromatic N) is 1. The molecule has 0 radical (unpaired) electrons. The van der Waals surface area contributed by atoms with Crippen LogP contribution in [-0.2, 0) is 4.79 Å². The van der Waals surface area contributed by atoms with Crippen LogP contribution in [0.5, 0.6) is 0 Å². The molecule has 0 saturated heterocycles. The van der Waals surface area contributed by atoms with E-state index in [0.717, 1.165) is 18.2 Å². The molecule has 0 aliphatic heterocycles. The Morgan fingerprint density at radius 3 is 2.32 bits per heavy atom. The van der Waals surface area contributed by atoms with Crippen LogP contribution in [0.3, 0.4) is 0 Å². The number of nitriles is 1. The fourth-order valence-corrected chi connectivity index (χ4v) is 2.05. The van der Waals surface area contributed by atoms with Crippen LogP contribution < -0.4 is 10.6 Å². The van der Waals surface area contributed by atoms with Crippen molar-refractivity contribution in [1.82, 2.24) is 10.6 Å². The molecule has 2 N–H and O–H groups in total. The van der Waals surface area contributed by atoms with Crippen LogP contribution in [0.2, 0.25) is 0 Å². The molecule has 25 heavy (non-hydrogen) atoms. The van der Waals surface area contributed by atoms with Gasteiger partial charge in [-0.25, -0.2) is 13.2 Å². The van der Waals surface area contributed by atoms with Gasteiger partial charge in [-0.1, -0.05) is 18.2 Å². The summed E-state index contributed by atoms with van der Waals surface area (Å²) in [5.74, 6) is -4.15. The van der Waals surface area contributed by atoms with Crippen molar-refractivity contribution in [1.29, 1.82) is 5.26 Å². The summed E-state index contributed by atoms with van der Waals surface area (Å²) in [5, 5.41) is 13.5. The molecular formula is C17H12F3N3O2. The maximum atomic E-state index is 13.6. The lowest BCUT2D eigenvalue weighted by atomic mass is 10.1. The maximum absolute atomic E-state index is 13.6. The number of halogens is 3. The van der Waals surface area contributed by atoms with Crippen LogP contribution in [0.1, 0.15) is 22.0 Å². The summed E-state index contributed by atoms with van der Waals surface area (Å²) >= 11 is 0. The molecular weight excluding hydrogens is 335 g/mol. The topological polar surface area (TPSA) is 82.0 Å². The predicted octanol–water partition coefficient (Wildman–Crippen LogP) is 2.21. The number of amides is 2. The first-order valence-corrected chi connectivity index (χ1v) is 7.08. The summed E-state index contributed by atoms with van der Waals surface area (Å²) in [5.41, 5.74) is -0.312. The van der Waals surface area contributed by atoms with Gasteiger partial charge in [0.1, 0.15) is 23.5 Å². The van der Waals surface area contributed by atoms with E-state index in [2.05, 4.69) is 10.6 Å². The average molecular weight is 347 g/mol. The van der Waals surface area contributed by atoms with Crippen molar-refractivity contribution in [3.8, 4) is 6.07 Å². The van der Waals surface area contributed by atoms with E-state index >= 15 is 0 Å². The Morgan fingerprint density at radius 1 is 1.08 bits per heavy atom. The molecule has 0 unspecified atom stereocenters. The van der Waals surface area contributed by atoms with Crippen molar-refractivity contribution in [2.24, 2.45) is 0 Å². The predicted molar refractivity (Wildman–Crippen MR) is 81.6 cm³/mol. The minimum Gasteiger partial charge on any atom is -0.343 e. The van der Waals surface area contributed by atoms with Crippen LogP contribution in [0.25, 0.3) is 0 Å². The Bertz CT molecular complexity index is 829. The summed E-state index contributed by atoms with van der Waals surface area (Å²) < 4.78 is 39.8. The molecule has 5 nitrogen and oxygen atoms in total. The molecule has 128 valence electrons. The van der Waals surface area contributed by atoms with Gasteiger partial charge in [-0.05, 0) is 18.2 Å². The average Bonchev–Trinajstić information content (AvgIpc) is 2.57. The monoisotopic (exact) mass is 347 g/mol. The van der Waals surface area contributed by atoms with Gasteiger partial charge < -0.3 is 10.6 Å². The molecule has 2 rings (SSSR count). The van der Waals surface area contributed by atoms with Gasteiger partial charge in [0.2, 0.25) is 5.91 Å². The fourth-order valence-electron chi connectivity index (χ4n) is 2.05. The zero-order valence-corrected chi connectivity index (χ0v) is 12.7. The first-order chi connectivity index (χ1) is 11.9. The van der Waals surface area contributed by atoms with Crippen LogP contribution in [-0.4, -0.2) is 18.4 Å². The first kappa shape index (κ1) is 18.0. The van der Waals surface area contributed by atoms with E-state index < -0.39 is 41.9 Å². The van der Waals surface area contributed by atoms with Crippen molar-refractivity contribution in [3.63, 3.8) is 0 Å². The van der Waals surface area contributed by atoms with E-state index in [1.165, 1.54) is 18.2 Å². The number of rotatable bonds is 5. The lowest BCUT2D eigenvalue weighted by molar-refractivity contribution is -0.120.